The molecule has 1 amide bonds. The summed E-state index contributed by atoms with van der Waals surface area (Å²) in [5, 5.41) is 3.81. The third-order valence-corrected chi connectivity index (χ3v) is 5.04. The van der Waals surface area contributed by atoms with E-state index in [4.69, 9.17) is 11.6 Å². The highest BCUT2D eigenvalue weighted by Crippen LogP contribution is 2.20. The summed E-state index contributed by atoms with van der Waals surface area (Å²) in [6.45, 7) is 1.43. The van der Waals surface area contributed by atoms with Crippen LogP contribution in [-0.2, 0) is 14.8 Å². The Morgan fingerprint density at radius 2 is 1.88 bits per heavy atom. The zero-order chi connectivity index (χ0) is 19.3. The number of benzene rings is 2. The van der Waals surface area contributed by atoms with Gasteiger partial charge in [-0.1, -0.05) is 35.9 Å². The van der Waals surface area contributed by atoms with Crippen molar-refractivity contribution in [1.29, 1.82) is 0 Å². The molecule has 0 saturated heterocycles. The molecule has 2 aromatic carbocycles. The third-order valence-electron chi connectivity index (χ3n) is 3.47. The van der Waals surface area contributed by atoms with Gasteiger partial charge in [0.15, 0.2) is 0 Å². The van der Waals surface area contributed by atoms with Crippen molar-refractivity contribution in [3.8, 4) is 0 Å². The highest BCUT2D eigenvalue weighted by Gasteiger charge is 2.28. The van der Waals surface area contributed by atoms with Crippen LogP contribution in [0.1, 0.15) is 12.5 Å². The maximum Gasteiger partial charge on any atom is 0.263 e. The Labute approximate surface area is 156 Å². The molecule has 9 heteroatoms. The molecular weight excluding hydrogens is 381 g/mol. The van der Waals surface area contributed by atoms with E-state index in [1.54, 1.807) is 30.3 Å². The average molecular weight is 398 g/mol. The summed E-state index contributed by atoms with van der Waals surface area (Å²) in [6, 6.07) is 11.3. The largest absolute Gasteiger partial charge is 0.271 e. The number of hydrogen-bond acceptors (Lipinski definition) is 4. The molecule has 0 fully saturated rings. The molecule has 6 nitrogen and oxygen atoms in total. The van der Waals surface area contributed by atoms with Crippen LogP contribution in [0, 0.1) is 5.82 Å². The third kappa shape index (κ3) is 4.80. The molecule has 0 aromatic heterocycles. The smallest absolute Gasteiger partial charge is 0.263 e. The first-order chi connectivity index (χ1) is 12.2. The van der Waals surface area contributed by atoms with E-state index in [2.05, 4.69) is 10.5 Å². The summed E-state index contributed by atoms with van der Waals surface area (Å²) in [6.07, 6.45) is 2.07. The molecular formula is C17H17ClFN3O3S. The number of hydrogen-bond donors (Lipinski definition) is 1. The van der Waals surface area contributed by atoms with Crippen LogP contribution in [0.2, 0.25) is 5.02 Å². The van der Waals surface area contributed by atoms with Crippen molar-refractivity contribution in [2.75, 3.05) is 10.6 Å². The number of nitrogens with one attached hydrogen (secondary N) is 1. The van der Waals surface area contributed by atoms with Gasteiger partial charge < -0.3 is 0 Å². The van der Waals surface area contributed by atoms with Crippen molar-refractivity contribution >= 4 is 39.4 Å². The number of carbonyl (C=O) groups is 1. The molecule has 1 atom stereocenters. The molecule has 2 aromatic rings. The number of para-hydroxylation sites is 1. The second kappa shape index (κ2) is 8.29. The number of anilines is 1. The highest BCUT2D eigenvalue weighted by atomic mass is 35.5. The molecule has 0 aliphatic carbocycles. The van der Waals surface area contributed by atoms with Crippen LogP contribution >= 0.6 is 11.6 Å². The number of carbonyl (C=O) groups excluding carboxylic acids is 1. The first kappa shape index (κ1) is 19.9. The standard InChI is InChI=1S/C17H17ClFN3O3S/c1-12(22(26(2,24)25)13-7-4-3-5-8-13)17(23)21-20-11-14-15(18)9-6-10-16(14)19/h3-12H,1-2H3,(H,21,23). The molecule has 26 heavy (non-hydrogen) atoms. The molecule has 0 heterocycles. The molecule has 2 rings (SSSR count). The van der Waals surface area contributed by atoms with Crippen molar-refractivity contribution in [3.05, 3.63) is 64.9 Å². The van der Waals surface area contributed by atoms with E-state index >= 15 is 0 Å². The molecule has 1 N–H and O–H groups in total. The van der Waals surface area contributed by atoms with Gasteiger partial charge in [-0.2, -0.15) is 5.10 Å². The SMILES string of the molecule is CC(C(=O)NN=Cc1c(F)cccc1Cl)N(c1ccccc1)S(C)(=O)=O. The fraction of sp³-hybridized carbons (Fsp3) is 0.176. The van der Waals surface area contributed by atoms with Crippen LogP contribution in [0.3, 0.4) is 0 Å². The van der Waals surface area contributed by atoms with E-state index in [0.29, 0.717) is 5.69 Å². The second-order valence-corrected chi connectivity index (χ2v) is 7.71. The van der Waals surface area contributed by atoms with E-state index in [1.165, 1.54) is 25.1 Å². The van der Waals surface area contributed by atoms with E-state index < -0.39 is 27.8 Å². The number of sulfonamides is 1. The number of nitrogens with zero attached hydrogens (tertiary/aromatic N) is 2. The Morgan fingerprint density at radius 1 is 1.23 bits per heavy atom. The lowest BCUT2D eigenvalue weighted by atomic mass is 10.2. The minimum absolute atomic E-state index is 0.0187. The van der Waals surface area contributed by atoms with Crippen LogP contribution in [-0.4, -0.2) is 32.8 Å². The fourth-order valence-corrected chi connectivity index (χ4v) is 3.66. The maximum absolute atomic E-state index is 13.7. The Kier molecular flexibility index (Phi) is 6.33. The molecule has 138 valence electrons. The van der Waals surface area contributed by atoms with Crippen molar-refractivity contribution in [1.82, 2.24) is 5.43 Å². The monoisotopic (exact) mass is 397 g/mol. The first-order valence-electron chi connectivity index (χ1n) is 7.53. The van der Waals surface area contributed by atoms with E-state index in [1.807, 2.05) is 0 Å². The minimum Gasteiger partial charge on any atom is -0.271 e. The van der Waals surface area contributed by atoms with Gasteiger partial charge in [-0.25, -0.2) is 18.2 Å². The fourth-order valence-electron chi connectivity index (χ4n) is 2.27. The van der Waals surface area contributed by atoms with Crippen LogP contribution in [0.15, 0.2) is 53.6 Å². The summed E-state index contributed by atoms with van der Waals surface area (Å²) in [4.78, 5) is 12.3. The number of rotatable bonds is 6. The summed E-state index contributed by atoms with van der Waals surface area (Å²) in [5.74, 6) is -1.27. The summed E-state index contributed by atoms with van der Waals surface area (Å²) in [7, 11) is -3.71. The Morgan fingerprint density at radius 3 is 2.46 bits per heavy atom. The molecule has 0 bridgehead atoms. The summed E-state index contributed by atoms with van der Waals surface area (Å²) >= 11 is 5.87. The molecule has 0 aliphatic rings. The predicted octanol–water partition coefficient (Wildman–Crippen LogP) is 2.78. The summed E-state index contributed by atoms with van der Waals surface area (Å²) < 4.78 is 38.8. The zero-order valence-electron chi connectivity index (χ0n) is 14.1. The van der Waals surface area contributed by atoms with Gasteiger partial charge in [0, 0.05) is 5.56 Å². The lowest BCUT2D eigenvalue weighted by molar-refractivity contribution is -0.121. The molecule has 0 aliphatic heterocycles. The predicted molar refractivity (Wildman–Crippen MR) is 100 cm³/mol. The van der Waals surface area contributed by atoms with Crippen LogP contribution in [0.5, 0.6) is 0 Å². The normalized spacial score (nSPS) is 12.8. The minimum atomic E-state index is -3.71. The van der Waals surface area contributed by atoms with E-state index in [0.717, 1.165) is 16.8 Å². The average Bonchev–Trinajstić information content (AvgIpc) is 2.57. The molecule has 0 spiro atoms. The van der Waals surface area contributed by atoms with Crippen molar-refractivity contribution in [2.45, 2.75) is 13.0 Å². The highest BCUT2D eigenvalue weighted by molar-refractivity contribution is 7.92. The second-order valence-electron chi connectivity index (χ2n) is 5.44. The van der Waals surface area contributed by atoms with Gasteiger partial charge in [0.25, 0.3) is 5.91 Å². The van der Waals surface area contributed by atoms with Crippen LogP contribution in [0.25, 0.3) is 0 Å². The van der Waals surface area contributed by atoms with Crippen LogP contribution < -0.4 is 9.73 Å². The van der Waals surface area contributed by atoms with Gasteiger partial charge in [-0.15, -0.1) is 0 Å². The molecule has 1 unspecified atom stereocenters. The number of amides is 1. The Hall–Kier alpha value is -2.45. The lowest BCUT2D eigenvalue weighted by Gasteiger charge is -2.27. The van der Waals surface area contributed by atoms with Crippen molar-refractivity contribution in [3.63, 3.8) is 0 Å². The number of hydrazone groups is 1. The zero-order valence-corrected chi connectivity index (χ0v) is 15.6. The maximum atomic E-state index is 13.7. The van der Waals surface area contributed by atoms with Gasteiger partial charge in [0.1, 0.15) is 11.9 Å². The molecule has 0 radical (unpaired) electrons. The van der Waals surface area contributed by atoms with Gasteiger partial charge in [-0.3, -0.25) is 9.10 Å². The Balaban J connectivity index is 2.18. The molecule has 0 saturated carbocycles. The Bertz CT molecular complexity index is 900. The van der Waals surface area contributed by atoms with E-state index in [-0.39, 0.29) is 10.6 Å². The van der Waals surface area contributed by atoms with Gasteiger partial charge in [0.2, 0.25) is 10.0 Å². The van der Waals surface area contributed by atoms with E-state index in [9.17, 15) is 17.6 Å². The van der Waals surface area contributed by atoms with Crippen molar-refractivity contribution < 1.29 is 17.6 Å². The van der Waals surface area contributed by atoms with Gasteiger partial charge in [0.05, 0.1) is 23.2 Å². The quantitative estimate of drug-likeness (QED) is 0.601. The first-order valence-corrected chi connectivity index (χ1v) is 9.76. The van der Waals surface area contributed by atoms with Gasteiger partial charge in [-0.05, 0) is 31.2 Å². The van der Waals surface area contributed by atoms with Crippen LogP contribution in [0.4, 0.5) is 10.1 Å². The van der Waals surface area contributed by atoms with Crippen molar-refractivity contribution in [2.24, 2.45) is 5.10 Å². The number of halogens is 2. The van der Waals surface area contributed by atoms with Gasteiger partial charge >= 0.3 is 0 Å². The lowest BCUT2D eigenvalue weighted by Crippen LogP contribution is -2.46. The summed E-state index contributed by atoms with van der Waals surface area (Å²) in [5.41, 5.74) is 2.57. The topological polar surface area (TPSA) is 78.8 Å².